The van der Waals surface area contributed by atoms with Gasteiger partial charge in [-0.1, -0.05) is 26.0 Å². The van der Waals surface area contributed by atoms with E-state index in [1.165, 1.54) is 0 Å². The van der Waals surface area contributed by atoms with Gasteiger partial charge in [-0.25, -0.2) is 0 Å². The smallest absolute Gasteiger partial charge is 0.309 e. The molecule has 0 spiro atoms. The number of hydrogen-bond donors (Lipinski definition) is 2. The van der Waals surface area contributed by atoms with Crippen LogP contribution in [0, 0.1) is 5.92 Å². The van der Waals surface area contributed by atoms with Gasteiger partial charge in [-0.2, -0.15) is 0 Å². The number of aliphatic carboxylic acids is 1. The monoisotopic (exact) mass is 186 g/mol. The van der Waals surface area contributed by atoms with Crippen molar-refractivity contribution in [2.24, 2.45) is 5.92 Å². The molecule has 2 atom stereocenters. The van der Waals surface area contributed by atoms with E-state index in [2.05, 4.69) is 0 Å². The Kier molecular flexibility index (Phi) is 6.24. The quantitative estimate of drug-likeness (QED) is 0.622. The summed E-state index contributed by atoms with van der Waals surface area (Å²) in [4.78, 5) is 10.6. The SMILES string of the molecule is CCC=CCC(O)C(CC)C(=O)O. The topological polar surface area (TPSA) is 57.5 Å². The molecular weight excluding hydrogens is 168 g/mol. The second kappa shape index (κ2) is 6.66. The molecule has 0 aromatic heterocycles. The van der Waals surface area contributed by atoms with Gasteiger partial charge >= 0.3 is 5.97 Å². The largest absolute Gasteiger partial charge is 0.481 e. The van der Waals surface area contributed by atoms with Crippen molar-refractivity contribution >= 4 is 5.97 Å². The average Bonchev–Trinajstić information content (AvgIpc) is 2.05. The van der Waals surface area contributed by atoms with Gasteiger partial charge in [-0.3, -0.25) is 4.79 Å². The summed E-state index contributed by atoms with van der Waals surface area (Å²) in [6.45, 7) is 3.77. The Balaban J connectivity index is 3.98. The highest BCUT2D eigenvalue weighted by molar-refractivity contribution is 5.70. The molecule has 0 heterocycles. The minimum absolute atomic E-state index is 0.429. The Morgan fingerprint density at radius 3 is 2.38 bits per heavy atom. The minimum atomic E-state index is -0.917. The molecular formula is C10H18O3. The second-order valence-corrected chi connectivity index (χ2v) is 3.04. The van der Waals surface area contributed by atoms with Gasteiger partial charge in [0.2, 0.25) is 0 Å². The van der Waals surface area contributed by atoms with Gasteiger partial charge in [-0.15, -0.1) is 0 Å². The maximum Gasteiger partial charge on any atom is 0.309 e. The third-order valence-corrected chi connectivity index (χ3v) is 2.00. The summed E-state index contributed by atoms with van der Waals surface area (Å²) in [5, 5.41) is 18.2. The fourth-order valence-corrected chi connectivity index (χ4v) is 1.18. The summed E-state index contributed by atoms with van der Waals surface area (Å²) in [5.74, 6) is -1.55. The van der Waals surface area contributed by atoms with Gasteiger partial charge in [-0.05, 0) is 19.3 Å². The first-order valence-corrected chi connectivity index (χ1v) is 4.69. The fraction of sp³-hybridized carbons (Fsp3) is 0.700. The summed E-state index contributed by atoms with van der Waals surface area (Å²) in [7, 11) is 0. The molecule has 2 unspecified atom stereocenters. The first-order valence-electron chi connectivity index (χ1n) is 4.69. The summed E-state index contributed by atoms with van der Waals surface area (Å²) in [6.07, 6.45) is 4.81. The standard InChI is InChI=1S/C10H18O3/c1-3-5-6-7-9(11)8(4-2)10(12)13/h5-6,8-9,11H,3-4,7H2,1-2H3,(H,12,13). The molecule has 0 amide bonds. The Bertz CT molecular complexity index is 175. The molecule has 3 nitrogen and oxygen atoms in total. The van der Waals surface area contributed by atoms with Crippen LogP contribution in [0.5, 0.6) is 0 Å². The fourth-order valence-electron chi connectivity index (χ4n) is 1.18. The van der Waals surface area contributed by atoms with Gasteiger partial charge in [0.05, 0.1) is 12.0 Å². The molecule has 0 saturated carbocycles. The Labute approximate surface area is 79.1 Å². The van der Waals surface area contributed by atoms with Crippen LogP contribution >= 0.6 is 0 Å². The number of carboxylic acid groups (broad SMARTS) is 1. The summed E-state index contributed by atoms with van der Waals surface area (Å²) in [5.41, 5.74) is 0. The van der Waals surface area contributed by atoms with Gasteiger partial charge in [0.25, 0.3) is 0 Å². The van der Waals surface area contributed by atoms with E-state index in [0.717, 1.165) is 6.42 Å². The highest BCUT2D eigenvalue weighted by Crippen LogP contribution is 2.12. The Morgan fingerprint density at radius 1 is 1.38 bits per heavy atom. The van der Waals surface area contributed by atoms with Gasteiger partial charge < -0.3 is 10.2 Å². The lowest BCUT2D eigenvalue weighted by Crippen LogP contribution is -2.26. The van der Waals surface area contributed by atoms with Crippen molar-refractivity contribution in [2.75, 3.05) is 0 Å². The van der Waals surface area contributed by atoms with E-state index < -0.39 is 18.0 Å². The lowest BCUT2D eigenvalue weighted by atomic mass is 9.97. The zero-order valence-corrected chi connectivity index (χ0v) is 8.23. The van der Waals surface area contributed by atoms with E-state index in [9.17, 15) is 9.90 Å². The zero-order chi connectivity index (χ0) is 10.3. The van der Waals surface area contributed by atoms with E-state index >= 15 is 0 Å². The van der Waals surface area contributed by atoms with Crippen molar-refractivity contribution in [1.29, 1.82) is 0 Å². The molecule has 2 N–H and O–H groups in total. The third-order valence-electron chi connectivity index (χ3n) is 2.00. The van der Waals surface area contributed by atoms with Crippen LogP contribution in [0.15, 0.2) is 12.2 Å². The van der Waals surface area contributed by atoms with Gasteiger partial charge in [0.1, 0.15) is 0 Å². The van der Waals surface area contributed by atoms with Crippen molar-refractivity contribution in [3.8, 4) is 0 Å². The highest BCUT2D eigenvalue weighted by atomic mass is 16.4. The van der Waals surface area contributed by atoms with Crippen LogP contribution in [0.1, 0.15) is 33.1 Å². The van der Waals surface area contributed by atoms with Crippen molar-refractivity contribution in [1.82, 2.24) is 0 Å². The summed E-state index contributed by atoms with van der Waals surface area (Å²) in [6, 6.07) is 0. The van der Waals surface area contributed by atoms with E-state index in [1.807, 2.05) is 19.1 Å². The van der Waals surface area contributed by atoms with Gasteiger partial charge in [0, 0.05) is 0 Å². The van der Waals surface area contributed by atoms with Crippen molar-refractivity contribution in [3.05, 3.63) is 12.2 Å². The molecule has 0 aliphatic rings. The molecule has 0 aliphatic carbocycles. The summed E-state index contributed by atoms with van der Waals surface area (Å²) < 4.78 is 0. The van der Waals surface area contributed by atoms with Crippen LogP contribution in [0.2, 0.25) is 0 Å². The predicted octanol–water partition coefficient (Wildman–Crippen LogP) is 1.81. The second-order valence-electron chi connectivity index (χ2n) is 3.04. The molecule has 0 aromatic carbocycles. The third kappa shape index (κ3) is 4.68. The van der Waals surface area contributed by atoms with E-state index in [1.54, 1.807) is 6.92 Å². The van der Waals surface area contributed by atoms with E-state index in [-0.39, 0.29) is 0 Å². The molecule has 0 aliphatic heterocycles. The van der Waals surface area contributed by atoms with Crippen LogP contribution in [-0.4, -0.2) is 22.3 Å². The maximum absolute atomic E-state index is 10.6. The molecule has 0 aromatic rings. The number of carboxylic acids is 1. The molecule has 76 valence electrons. The van der Waals surface area contributed by atoms with E-state index in [4.69, 9.17) is 5.11 Å². The van der Waals surface area contributed by atoms with E-state index in [0.29, 0.717) is 12.8 Å². The molecule has 3 heteroatoms. The number of hydrogen-bond acceptors (Lipinski definition) is 2. The van der Waals surface area contributed by atoms with Crippen LogP contribution < -0.4 is 0 Å². The average molecular weight is 186 g/mol. The molecule has 0 fully saturated rings. The summed E-state index contributed by atoms with van der Waals surface area (Å²) >= 11 is 0. The number of rotatable bonds is 6. The van der Waals surface area contributed by atoms with Crippen LogP contribution in [-0.2, 0) is 4.79 Å². The van der Waals surface area contributed by atoms with Crippen molar-refractivity contribution in [2.45, 2.75) is 39.2 Å². The lowest BCUT2D eigenvalue weighted by molar-refractivity contribution is -0.145. The van der Waals surface area contributed by atoms with Gasteiger partial charge in [0.15, 0.2) is 0 Å². The molecule has 0 bridgehead atoms. The Hall–Kier alpha value is -0.830. The zero-order valence-electron chi connectivity index (χ0n) is 8.23. The molecule has 0 radical (unpaired) electrons. The van der Waals surface area contributed by atoms with Crippen LogP contribution in [0.3, 0.4) is 0 Å². The highest BCUT2D eigenvalue weighted by Gasteiger charge is 2.22. The first-order chi connectivity index (χ1) is 6.13. The van der Waals surface area contributed by atoms with Crippen LogP contribution in [0.25, 0.3) is 0 Å². The minimum Gasteiger partial charge on any atom is -0.481 e. The predicted molar refractivity (Wildman–Crippen MR) is 51.5 cm³/mol. The van der Waals surface area contributed by atoms with Crippen LogP contribution in [0.4, 0.5) is 0 Å². The molecule has 13 heavy (non-hydrogen) atoms. The number of allylic oxidation sites excluding steroid dienone is 1. The number of aliphatic hydroxyl groups is 1. The molecule has 0 saturated heterocycles. The lowest BCUT2D eigenvalue weighted by Gasteiger charge is -2.15. The normalized spacial score (nSPS) is 15.9. The van der Waals surface area contributed by atoms with Crippen molar-refractivity contribution in [3.63, 3.8) is 0 Å². The Morgan fingerprint density at radius 2 is 2.00 bits per heavy atom. The first kappa shape index (κ1) is 12.2. The number of carbonyl (C=O) groups is 1. The maximum atomic E-state index is 10.6. The van der Waals surface area contributed by atoms with Crippen molar-refractivity contribution < 1.29 is 15.0 Å². The molecule has 0 rings (SSSR count). The number of aliphatic hydroxyl groups excluding tert-OH is 1.